The molecule has 14 heavy (non-hydrogen) atoms. The standard InChI is InChI=1S/C7H8ClN3O3/c1-11-5(6(8)10-13)3-4(9-11)7(12)14-2/h3,13H,1-2H3/b10-6-. The van der Waals surface area contributed by atoms with Crippen LogP contribution in [0.3, 0.4) is 0 Å². The Bertz CT molecular complexity index is 386. The summed E-state index contributed by atoms with van der Waals surface area (Å²) in [6.45, 7) is 0. The Labute approximate surface area is 84.7 Å². The molecule has 0 unspecified atom stereocenters. The van der Waals surface area contributed by atoms with Crippen molar-refractivity contribution in [3.63, 3.8) is 0 Å². The highest BCUT2D eigenvalue weighted by Crippen LogP contribution is 2.08. The number of carbonyl (C=O) groups excluding carboxylic acids is 1. The van der Waals surface area contributed by atoms with Gasteiger partial charge in [-0.2, -0.15) is 5.10 Å². The van der Waals surface area contributed by atoms with E-state index in [4.69, 9.17) is 16.8 Å². The second-order valence-electron chi connectivity index (χ2n) is 2.42. The van der Waals surface area contributed by atoms with E-state index in [9.17, 15) is 4.79 Å². The maximum Gasteiger partial charge on any atom is 0.358 e. The van der Waals surface area contributed by atoms with E-state index in [2.05, 4.69) is 15.0 Å². The molecule has 0 aliphatic heterocycles. The van der Waals surface area contributed by atoms with Crippen LogP contribution < -0.4 is 0 Å². The second kappa shape index (κ2) is 4.10. The van der Waals surface area contributed by atoms with Gasteiger partial charge in [0, 0.05) is 13.1 Å². The SMILES string of the molecule is COC(=O)c1cc(/C(Cl)=N/O)n(C)n1. The molecular formula is C7H8ClN3O3. The normalized spacial score (nSPS) is 11.5. The number of hydrogen-bond acceptors (Lipinski definition) is 5. The lowest BCUT2D eigenvalue weighted by Crippen LogP contribution is -2.04. The molecule has 0 aliphatic rings. The number of nitrogens with zero attached hydrogens (tertiary/aromatic N) is 3. The summed E-state index contributed by atoms with van der Waals surface area (Å²) in [6, 6.07) is 1.37. The molecule has 0 fully saturated rings. The molecule has 0 aromatic carbocycles. The predicted octanol–water partition coefficient (Wildman–Crippen LogP) is 0.581. The highest BCUT2D eigenvalue weighted by Gasteiger charge is 2.15. The molecule has 0 bridgehead atoms. The van der Waals surface area contributed by atoms with E-state index in [0.29, 0.717) is 5.69 Å². The van der Waals surface area contributed by atoms with Crippen molar-refractivity contribution >= 4 is 22.7 Å². The third-order valence-corrected chi connectivity index (χ3v) is 1.84. The topological polar surface area (TPSA) is 76.7 Å². The summed E-state index contributed by atoms with van der Waals surface area (Å²) in [4.78, 5) is 11.0. The van der Waals surface area contributed by atoms with Crippen LogP contribution in [-0.2, 0) is 11.8 Å². The van der Waals surface area contributed by atoms with Gasteiger partial charge in [-0.15, -0.1) is 0 Å². The number of carbonyl (C=O) groups is 1. The number of rotatable bonds is 2. The van der Waals surface area contributed by atoms with Crippen LogP contribution >= 0.6 is 11.6 Å². The molecular weight excluding hydrogens is 210 g/mol. The van der Waals surface area contributed by atoms with Crippen LogP contribution in [0.1, 0.15) is 16.2 Å². The van der Waals surface area contributed by atoms with Crippen molar-refractivity contribution < 1.29 is 14.7 Å². The molecule has 76 valence electrons. The lowest BCUT2D eigenvalue weighted by Gasteiger charge is -1.94. The molecule has 1 rings (SSSR count). The Morgan fingerprint density at radius 3 is 2.93 bits per heavy atom. The van der Waals surface area contributed by atoms with Crippen molar-refractivity contribution in [3.05, 3.63) is 17.5 Å². The number of ether oxygens (including phenoxy) is 1. The molecule has 1 heterocycles. The first-order chi connectivity index (χ1) is 6.60. The highest BCUT2D eigenvalue weighted by molar-refractivity contribution is 6.69. The molecule has 0 amide bonds. The number of aryl methyl sites for hydroxylation is 1. The fourth-order valence-electron chi connectivity index (χ4n) is 0.916. The number of aromatic nitrogens is 2. The number of esters is 1. The summed E-state index contributed by atoms with van der Waals surface area (Å²) in [5, 5.41) is 14.9. The summed E-state index contributed by atoms with van der Waals surface area (Å²) in [5.74, 6) is -0.575. The first kappa shape index (κ1) is 10.5. The predicted molar refractivity (Wildman–Crippen MR) is 48.7 cm³/mol. The van der Waals surface area contributed by atoms with Crippen molar-refractivity contribution in [2.24, 2.45) is 12.2 Å². The number of halogens is 1. The lowest BCUT2D eigenvalue weighted by molar-refractivity contribution is 0.0593. The van der Waals surface area contributed by atoms with Gasteiger partial charge in [0.2, 0.25) is 0 Å². The zero-order valence-electron chi connectivity index (χ0n) is 7.56. The average Bonchev–Trinajstić information content (AvgIpc) is 2.58. The van der Waals surface area contributed by atoms with E-state index in [1.54, 1.807) is 7.05 Å². The van der Waals surface area contributed by atoms with Crippen LogP contribution in [0.15, 0.2) is 11.2 Å². The molecule has 0 saturated heterocycles. The van der Waals surface area contributed by atoms with E-state index in [0.717, 1.165) is 0 Å². The highest BCUT2D eigenvalue weighted by atomic mass is 35.5. The molecule has 1 N–H and O–H groups in total. The summed E-state index contributed by atoms with van der Waals surface area (Å²) >= 11 is 5.54. The van der Waals surface area contributed by atoms with Crippen LogP contribution in [0.5, 0.6) is 0 Å². The smallest absolute Gasteiger partial charge is 0.358 e. The quantitative estimate of drug-likeness (QED) is 0.340. The summed E-state index contributed by atoms with van der Waals surface area (Å²) in [5.41, 5.74) is 0.432. The first-order valence-corrected chi connectivity index (χ1v) is 3.98. The zero-order chi connectivity index (χ0) is 10.7. The molecule has 0 radical (unpaired) electrons. The van der Waals surface area contributed by atoms with E-state index >= 15 is 0 Å². The van der Waals surface area contributed by atoms with Crippen LogP contribution in [0.4, 0.5) is 0 Å². The minimum Gasteiger partial charge on any atom is -0.464 e. The minimum absolute atomic E-state index is 0.104. The second-order valence-corrected chi connectivity index (χ2v) is 2.78. The van der Waals surface area contributed by atoms with Crippen molar-refractivity contribution in [2.45, 2.75) is 0 Å². The Balaban J connectivity index is 3.11. The summed E-state index contributed by atoms with van der Waals surface area (Å²) in [7, 11) is 2.81. The van der Waals surface area contributed by atoms with Crippen LogP contribution in [-0.4, -0.2) is 33.2 Å². The van der Waals surface area contributed by atoms with E-state index in [1.807, 2.05) is 0 Å². The van der Waals surface area contributed by atoms with E-state index in [-0.39, 0.29) is 10.9 Å². The van der Waals surface area contributed by atoms with Gasteiger partial charge in [0.25, 0.3) is 0 Å². The summed E-state index contributed by atoms with van der Waals surface area (Å²) in [6.07, 6.45) is 0. The zero-order valence-corrected chi connectivity index (χ0v) is 8.32. The first-order valence-electron chi connectivity index (χ1n) is 3.60. The van der Waals surface area contributed by atoms with Gasteiger partial charge in [-0.1, -0.05) is 16.8 Å². The Morgan fingerprint density at radius 2 is 2.43 bits per heavy atom. The lowest BCUT2D eigenvalue weighted by atomic mass is 10.3. The Morgan fingerprint density at radius 1 is 1.79 bits per heavy atom. The number of methoxy groups -OCH3 is 1. The van der Waals surface area contributed by atoms with Crippen LogP contribution in [0.2, 0.25) is 0 Å². The average molecular weight is 218 g/mol. The van der Waals surface area contributed by atoms with Crippen LogP contribution in [0.25, 0.3) is 0 Å². The Kier molecular flexibility index (Phi) is 3.08. The van der Waals surface area contributed by atoms with Gasteiger partial charge in [0.05, 0.1) is 7.11 Å². The van der Waals surface area contributed by atoms with Gasteiger partial charge in [0.15, 0.2) is 10.9 Å². The van der Waals surface area contributed by atoms with Gasteiger partial charge < -0.3 is 9.94 Å². The van der Waals surface area contributed by atoms with E-state index in [1.165, 1.54) is 17.9 Å². The largest absolute Gasteiger partial charge is 0.464 e. The van der Waals surface area contributed by atoms with Gasteiger partial charge in [-0.05, 0) is 0 Å². The molecule has 0 aliphatic carbocycles. The molecule has 0 atom stereocenters. The van der Waals surface area contributed by atoms with Crippen molar-refractivity contribution in [2.75, 3.05) is 7.11 Å². The fraction of sp³-hybridized carbons (Fsp3) is 0.286. The maximum absolute atomic E-state index is 11.0. The number of hydrogen-bond donors (Lipinski definition) is 1. The van der Waals surface area contributed by atoms with Gasteiger partial charge in [-0.3, -0.25) is 4.68 Å². The third kappa shape index (κ3) is 1.85. The Hall–Kier alpha value is -1.56. The molecule has 1 aromatic rings. The van der Waals surface area contributed by atoms with Gasteiger partial charge in [0.1, 0.15) is 5.69 Å². The third-order valence-electron chi connectivity index (χ3n) is 1.57. The monoisotopic (exact) mass is 217 g/mol. The summed E-state index contributed by atoms with van der Waals surface area (Å²) < 4.78 is 5.77. The van der Waals surface area contributed by atoms with Crippen LogP contribution in [0, 0.1) is 0 Å². The molecule has 1 aromatic heterocycles. The molecule has 0 saturated carbocycles. The minimum atomic E-state index is -0.575. The molecule has 6 nitrogen and oxygen atoms in total. The van der Waals surface area contributed by atoms with Gasteiger partial charge in [-0.25, -0.2) is 4.79 Å². The maximum atomic E-state index is 11.0. The fourth-order valence-corrected chi connectivity index (χ4v) is 1.09. The van der Waals surface area contributed by atoms with Crippen molar-refractivity contribution in [1.82, 2.24) is 9.78 Å². The van der Waals surface area contributed by atoms with Crippen molar-refractivity contribution in [3.8, 4) is 0 Å². The number of oxime groups is 1. The van der Waals surface area contributed by atoms with Gasteiger partial charge >= 0.3 is 5.97 Å². The van der Waals surface area contributed by atoms with E-state index < -0.39 is 5.97 Å². The molecule has 0 spiro atoms. The molecule has 7 heteroatoms. The van der Waals surface area contributed by atoms with Crippen molar-refractivity contribution in [1.29, 1.82) is 0 Å².